The van der Waals surface area contributed by atoms with Crippen molar-refractivity contribution in [2.24, 2.45) is 0 Å². The lowest BCUT2D eigenvalue weighted by Gasteiger charge is -2.15. The molecule has 0 fully saturated rings. The molecule has 0 radical (unpaired) electrons. The van der Waals surface area contributed by atoms with Crippen molar-refractivity contribution in [3.05, 3.63) is 87.6 Å². The summed E-state index contributed by atoms with van der Waals surface area (Å²) in [5.41, 5.74) is 4.23. The second-order valence-corrected chi connectivity index (χ2v) is 7.10. The third kappa shape index (κ3) is 5.23. The Morgan fingerprint density at radius 1 is 1.00 bits per heavy atom. The molecule has 3 nitrogen and oxygen atoms in total. The van der Waals surface area contributed by atoms with Crippen molar-refractivity contribution in [2.45, 2.75) is 20.1 Å². The van der Waals surface area contributed by atoms with Crippen LogP contribution in [0.1, 0.15) is 16.7 Å². The first-order chi connectivity index (χ1) is 13.0. The fraction of sp³-hybridized carbons (Fsp3) is 0.182. The molecule has 1 N–H and O–H groups in total. The Labute approximate surface area is 167 Å². The van der Waals surface area contributed by atoms with Gasteiger partial charge < -0.3 is 14.8 Å². The molecule has 0 spiro atoms. The first-order valence-corrected chi connectivity index (χ1v) is 9.38. The van der Waals surface area contributed by atoms with Gasteiger partial charge in [-0.2, -0.15) is 0 Å². The van der Waals surface area contributed by atoms with Gasteiger partial charge in [0, 0.05) is 12.2 Å². The summed E-state index contributed by atoms with van der Waals surface area (Å²) in [5.74, 6) is 1.01. The Morgan fingerprint density at radius 3 is 2.48 bits per heavy atom. The van der Waals surface area contributed by atoms with Gasteiger partial charge in [0.2, 0.25) is 0 Å². The van der Waals surface area contributed by atoms with Crippen LogP contribution in [0.3, 0.4) is 0 Å². The van der Waals surface area contributed by atoms with Crippen LogP contribution < -0.4 is 14.8 Å². The third-order valence-electron chi connectivity index (χ3n) is 4.10. The highest BCUT2D eigenvalue weighted by atomic mass is 79.9. The lowest BCUT2D eigenvalue weighted by Crippen LogP contribution is -2.03. The van der Waals surface area contributed by atoms with Gasteiger partial charge in [0.25, 0.3) is 0 Å². The summed E-state index contributed by atoms with van der Waals surface area (Å²) in [6.07, 6.45) is 0. The highest BCUT2D eigenvalue weighted by Gasteiger charge is 2.12. The van der Waals surface area contributed by atoms with Gasteiger partial charge in [0.15, 0.2) is 11.5 Å². The molecule has 0 aliphatic heterocycles. The normalized spacial score (nSPS) is 10.5. The van der Waals surface area contributed by atoms with Crippen LogP contribution in [0.5, 0.6) is 11.5 Å². The van der Waals surface area contributed by atoms with Gasteiger partial charge in [-0.3, -0.25) is 0 Å². The molecular weight excluding hydrogens is 409 g/mol. The summed E-state index contributed by atoms with van der Waals surface area (Å²) in [4.78, 5) is 0. The zero-order chi connectivity index (χ0) is 19.2. The monoisotopic (exact) mass is 429 g/mol. The highest BCUT2D eigenvalue weighted by molar-refractivity contribution is 9.10. The van der Waals surface area contributed by atoms with E-state index in [4.69, 9.17) is 9.47 Å². The number of nitrogens with one attached hydrogen (secondary N) is 1. The molecule has 3 rings (SSSR count). The van der Waals surface area contributed by atoms with Crippen molar-refractivity contribution in [1.82, 2.24) is 0 Å². The molecule has 5 heteroatoms. The molecule has 0 heterocycles. The van der Waals surface area contributed by atoms with Gasteiger partial charge in [0.1, 0.15) is 12.4 Å². The van der Waals surface area contributed by atoms with Crippen molar-refractivity contribution < 1.29 is 13.9 Å². The van der Waals surface area contributed by atoms with Crippen LogP contribution >= 0.6 is 15.9 Å². The van der Waals surface area contributed by atoms with E-state index in [0.717, 1.165) is 21.3 Å². The Hall–Kier alpha value is -2.53. The molecule has 140 valence electrons. The fourth-order valence-electron chi connectivity index (χ4n) is 2.71. The average molecular weight is 430 g/mol. The predicted octanol–water partition coefficient (Wildman–Crippen LogP) is 6.10. The second kappa shape index (κ2) is 8.91. The van der Waals surface area contributed by atoms with Gasteiger partial charge in [-0.05, 0) is 75.9 Å². The summed E-state index contributed by atoms with van der Waals surface area (Å²) in [5, 5.41) is 3.41. The Morgan fingerprint density at radius 2 is 1.78 bits per heavy atom. The van der Waals surface area contributed by atoms with Crippen molar-refractivity contribution in [2.75, 3.05) is 12.4 Å². The third-order valence-corrected chi connectivity index (χ3v) is 4.69. The fourth-order valence-corrected chi connectivity index (χ4v) is 3.31. The zero-order valence-electron chi connectivity index (χ0n) is 15.3. The molecule has 0 unspecified atom stereocenters. The lowest BCUT2D eigenvalue weighted by molar-refractivity contribution is 0.282. The number of anilines is 1. The van der Waals surface area contributed by atoms with Crippen LogP contribution in [-0.4, -0.2) is 7.11 Å². The van der Waals surface area contributed by atoms with E-state index in [2.05, 4.69) is 40.3 Å². The van der Waals surface area contributed by atoms with Crippen molar-refractivity contribution in [3.63, 3.8) is 0 Å². The van der Waals surface area contributed by atoms with Gasteiger partial charge in [-0.15, -0.1) is 0 Å². The Kier molecular flexibility index (Phi) is 6.35. The number of aryl methyl sites for hydroxylation is 1. The largest absolute Gasteiger partial charge is 0.493 e. The minimum Gasteiger partial charge on any atom is -0.493 e. The van der Waals surface area contributed by atoms with Crippen LogP contribution in [0.4, 0.5) is 10.1 Å². The van der Waals surface area contributed by atoms with Crippen LogP contribution in [0.2, 0.25) is 0 Å². The maximum atomic E-state index is 13.0. The number of hydrogen-bond acceptors (Lipinski definition) is 3. The average Bonchev–Trinajstić information content (AvgIpc) is 2.66. The molecule has 0 amide bonds. The van der Waals surface area contributed by atoms with Crippen LogP contribution in [0.15, 0.2) is 65.1 Å². The first-order valence-electron chi connectivity index (χ1n) is 8.59. The van der Waals surface area contributed by atoms with E-state index in [0.29, 0.717) is 24.7 Å². The summed E-state index contributed by atoms with van der Waals surface area (Å²) < 4.78 is 25.2. The number of hydrogen-bond donors (Lipinski definition) is 1. The molecule has 0 aliphatic carbocycles. The molecule has 3 aromatic rings. The minimum atomic E-state index is -0.261. The van der Waals surface area contributed by atoms with Crippen molar-refractivity contribution in [1.29, 1.82) is 0 Å². The highest BCUT2D eigenvalue weighted by Crippen LogP contribution is 2.37. The topological polar surface area (TPSA) is 30.5 Å². The number of rotatable bonds is 7. The zero-order valence-corrected chi connectivity index (χ0v) is 16.8. The smallest absolute Gasteiger partial charge is 0.175 e. The molecular formula is C22H21BrFNO2. The molecule has 0 aromatic heterocycles. The van der Waals surface area contributed by atoms with Gasteiger partial charge in [0.05, 0.1) is 11.6 Å². The maximum absolute atomic E-state index is 13.0. The second-order valence-electron chi connectivity index (χ2n) is 6.25. The molecule has 3 aromatic carbocycles. The van der Waals surface area contributed by atoms with Crippen molar-refractivity contribution in [3.8, 4) is 11.5 Å². The maximum Gasteiger partial charge on any atom is 0.175 e. The molecule has 0 saturated carbocycles. The molecule has 0 aliphatic rings. The molecule has 27 heavy (non-hydrogen) atoms. The van der Waals surface area contributed by atoms with E-state index in [9.17, 15) is 4.39 Å². The lowest BCUT2D eigenvalue weighted by atomic mass is 10.1. The van der Waals surface area contributed by atoms with E-state index in [1.165, 1.54) is 17.7 Å². The van der Waals surface area contributed by atoms with Crippen LogP contribution in [0, 0.1) is 12.7 Å². The van der Waals surface area contributed by atoms with Gasteiger partial charge >= 0.3 is 0 Å². The number of benzene rings is 3. The summed E-state index contributed by atoms with van der Waals surface area (Å²) >= 11 is 3.57. The van der Waals surface area contributed by atoms with Crippen LogP contribution in [0.25, 0.3) is 0 Å². The standard InChI is InChI=1S/C22H21BrFNO2/c1-15-4-3-5-19(10-15)25-13-17-11-20(23)22(21(12-17)26-2)27-14-16-6-8-18(24)9-7-16/h3-12,25H,13-14H2,1-2H3. The van der Waals surface area contributed by atoms with E-state index in [-0.39, 0.29) is 5.82 Å². The SMILES string of the molecule is COc1cc(CNc2cccc(C)c2)cc(Br)c1OCc1ccc(F)cc1. The predicted molar refractivity (Wildman–Crippen MR) is 110 cm³/mol. The van der Waals surface area contributed by atoms with E-state index >= 15 is 0 Å². The number of halogens is 2. The summed E-state index contributed by atoms with van der Waals surface area (Å²) in [6, 6.07) is 18.4. The Balaban J connectivity index is 1.71. The minimum absolute atomic E-state index is 0.261. The van der Waals surface area contributed by atoms with E-state index in [1.807, 2.05) is 24.3 Å². The van der Waals surface area contributed by atoms with E-state index in [1.54, 1.807) is 19.2 Å². The van der Waals surface area contributed by atoms with Gasteiger partial charge in [-0.25, -0.2) is 4.39 Å². The molecule has 0 saturated heterocycles. The van der Waals surface area contributed by atoms with E-state index < -0.39 is 0 Å². The summed E-state index contributed by atoms with van der Waals surface area (Å²) in [6.45, 7) is 3.06. The number of methoxy groups -OCH3 is 1. The van der Waals surface area contributed by atoms with Crippen LogP contribution in [-0.2, 0) is 13.2 Å². The quantitative estimate of drug-likeness (QED) is 0.492. The number of ether oxygens (including phenoxy) is 2. The molecule has 0 bridgehead atoms. The van der Waals surface area contributed by atoms with Crippen molar-refractivity contribution >= 4 is 21.6 Å². The first kappa shape index (κ1) is 19.2. The Bertz CT molecular complexity index is 913. The molecule has 0 atom stereocenters. The summed E-state index contributed by atoms with van der Waals surface area (Å²) in [7, 11) is 1.62. The van der Waals surface area contributed by atoms with Gasteiger partial charge in [-0.1, -0.05) is 24.3 Å².